The molecule has 4 rings (SSSR count). The minimum absolute atomic E-state index is 0.00149. The molecule has 1 atom stereocenters. The lowest BCUT2D eigenvalue weighted by atomic mass is 9.97. The fourth-order valence-corrected chi connectivity index (χ4v) is 3.44. The minimum Gasteiger partial charge on any atom is -0.267 e. The quantitative estimate of drug-likeness (QED) is 0.474. The average Bonchev–Trinajstić information content (AvgIpc) is 3.20. The van der Waals surface area contributed by atoms with E-state index < -0.39 is 11.0 Å². The molecule has 0 aliphatic carbocycles. The van der Waals surface area contributed by atoms with Gasteiger partial charge in [0.1, 0.15) is 0 Å². The number of carbonyl (C=O) groups is 1. The summed E-state index contributed by atoms with van der Waals surface area (Å²) in [6.07, 6.45) is 0.489. The van der Waals surface area contributed by atoms with Crippen molar-refractivity contribution in [3.05, 3.63) is 111 Å². The van der Waals surface area contributed by atoms with Crippen LogP contribution in [-0.2, 0) is 0 Å². The number of hydrogen-bond acceptors (Lipinski definition) is 4. The summed E-state index contributed by atoms with van der Waals surface area (Å²) in [6, 6.07) is 22.9. The van der Waals surface area contributed by atoms with Crippen LogP contribution >= 0.6 is 0 Å². The number of non-ortho nitro benzene ring substituents is 1. The third-order valence-corrected chi connectivity index (χ3v) is 4.99. The number of benzene rings is 3. The lowest BCUT2D eigenvalue weighted by molar-refractivity contribution is -0.384. The molecule has 1 amide bonds. The van der Waals surface area contributed by atoms with Crippen LogP contribution in [0.1, 0.15) is 39.5 Å². The Morgan fingerprint density at radius 3 is 2.45 bits per heavy atom. The fourth-order valence-electron chi connectivity index (χ4n) is 3.44. The van der Waals surface area contributed by atoms with E-state index in [2.05, 4.69) is 5.10 Å². The number of nitro groups is 1. The maximum absolute atomic E-state index is 13.2. The van der Waals surface area contributed by atoms with Crippen LogP contribution in [0.3, 0.4) is 0 Å². The fraction of sp³-hybridized carbons (Fsp3) is 0.130. The minimum atomic E-state index is -0.427. The third-order valence-electron chi connectivity index (χ3n) is 4.99. The molecular weight excluding hydrogens is 366 g/mol. The van der Waals surface area contributed by atoms with Gasteiger partial charge in [-0.25, -0.2) is 5.01 Å². The smallest absolute Gasteiger partial charge is 0.267 e. The Morgan fingerprint density at radius 2 is 1.76 bits per heavy atom. The molecule has 6 nitrogen and oxygen atoms in total. The Morgan fingerprint density at radius 1 is 1.03 bits per heavy atom. The van der Waals surface area contributed by atoms with Gasteiger partial charge in [-0.05, 0) is 30.2 Å². The summed E-state index contributed by atoms with van der Waals surface area (Å²) >= 11 is 0. The molecular formula is C23H19N3O3. The zero-order valence-corrected chi connectivity index (χ0v) is 15.9. The third kappa shape index (κ3) is 3.78. The Labute approximate surface area is 168 Å². The predicted molar refractivity (Wildman–Crippen MR) is 111 cm³/mol. The first-order valence-corrected chi connectivity index (χ1v) is 9.30. The number of nitrogens with zero attached hydrogens (tertiary/aromatic N) is 3. The van der Waals surface area contributed by atoms with Crippen LogP contribution < -0.4 is 0 Å². The van der Waals surface area contributed by atoms with Crippen molar-refractivity contribution in [2.45, 2.75) is 19.4 Å². The highest BCUT2D eigenvalue weighted by molar-refractivity contribution is 6.05. The first-order valence-electron chi connectivity index (χ1n) is 9.30. The van der Waals surface area contributed by atoms with Crippen molar-refractivity contribution < 1.29 is 9.72 Å². The summed E-state index contributed by atoms with van der Waals surface area (Å²) in [5.41, 5.74) is 4.07. The highest BCUT2D eigenvalue weighted by Crippen LogP contribution is 2.35. The normalized spacial score (nSPS) is 15.8. The SMILES string of the molecule is Cc1ccc(C2=NN(C(=O)c3ccccc3)[C@@H](c3cccc([N+](=O)[O-])c3)C2)cc1. The second kappa shape index (κ2) is 7.67. The van der Waals surface area contributed by atoms with Crippen LogP contribution in [0.25, 0.3) is 0 Å². The van der Waals surface area contributed by atoms with E-state index in [0.29, 0.717) is 17.5 Å². The maximum atomic E-state index is 13.2. The highest BCUT2D eigenvalue weighted by atomic mass is 16.6. The van der Waals surface area contributed by atoms with Gasteiger partial charge in [-0.3, -0.25) is 14.9 Å². The van der Waals surface area contributed by atoms with E-state index in [1.807, 2.05) is 37.3 Å². The Balaban J connectivity index is 1.75. The summed E-state index contributed by atoms with van der Waals surface area (Å²) in [7, 11) is 0. The van der Waals surface area contributed by atoms with Crippen molar-refractivity contribution in [3.63, 3.8) is 0 Å². The topological polar surface area (TPSA) is 75.8 Å². The lowest BCUT2D eigenvalue weighted by Crippen LogP contribution is -2.27. The van der Waals surface area contributed by atoms with E-state index in [4.69, 9.17) is 0 Å². The van der Waals surface area contributed by atoms with E-state index in [1.165, 1.54) is 17.1 Å². The zero-order chi connectivity index (χ0) is 20.4. The Hall–Kier alpha value is -3.80. The van der Waals surface area contributed by atoms with Crippen molar-refractivity contribution >= 4 is 17.3 Å². The van der Waals surface area contributed by atoms with E-state index in [-0.39, 0.29) is 11.6 Å². The van der Waals surface area contributed by atoms with E-state index in [1.54, 1.807) is 36.4 Å². The van der Waals surface area contributed by atoms with Gasteiger partial charge in [-0.15, -0.1) is 0 Å². The van der Waals surface area contributed by atoms with Gasteiger partial charge in [0, 0.05) is 24.1 Å². The molecule has 0 spiro atoms. The molecule has 3 aromatic carbocycles. The molecule has 6 heteroatoms. The summed E-state index contributed by atoms with van der Waals surface area (Å²) in [5, 5.41) is 17.3. The molecule has 1 aliphatic heterocycles. The standard InChI is InChI=1S/C23H19N3O3/c1-16-10-12-17(13-11-16)21-15-22(19-8-5-9-20(14-19)26(28)29)25(24-21)23(27)18-6-3-2-4-7-18/h2-14,22H,15H2,1H3/t22-/m1/s1. The van der Waals surface area contributed by atoms with Gasteiger partial charge in [0.15, 0.2) is 0 Å². The summed E-state index contributed by atoms with van der Waals surface area (Å²) in [5.74, 6) is -0.232. The second-order valence-electron chi connectivity index (χ2n) is 7.00. The molecule has 29 heavy (non-hydrogen) atoms. The maximum Gasteiger partial charge on any atom is 0.274 e. The Kier molecular flexibility index (Phi) is 4.91. The molecule has 0 fully saturated rings. The van der Waals surface area contributed by atoms with Crippen LogP contribution in [-0.4, -0.2) is 21.6 Å². The lowest BCUT2D eigenvalue weighted by Gasteiger charge is -2.22. The molecule has 0 unspecified atom stereocenters. The zero-order valence-electron chi connectivity index (χ0n) is 15.9. The van der Waals surface area contributed by atoms with Crippen molar-refractivity contribution in [1.29, 1.82) is 0 Å². The van der Waals surface area contributed by atoms with Gasteiger partial charge >= 0.3 is 0 Å². The number of aryl methyl sites for hydroxylation is 1. The van der Waals surface area contributed by atoms with Gasteiger partial charge in [-0.1, -0.05) is 60.2 Å². The largest absolute Gasteiger partial charge is 0.274 e. The van der Waals surface area contributed by atoms with Gasteiger partial charge in [-0.2, -0.15) is 5.10 Å². The second-order valence-corrected chi connectivity index (χ2v) is 7.00. The molecule has 144 valence electrons. The van der Waals surface area contributed by atoms with Gasteiger partial charge in [0.05, 0.1) is 16.7 Å². The summed E-state index contributed by atoms with van der Waals surface area (Å²) in [6.45, 7) is 2.01. The van der Waals surface area contributed by atoms with Crippen molar-refractivity contribution in [1.82, 2.24) is 5.01 Å². The molecule has 0 saturated carbocycles. The number of hydrazone groups is 1. The molecule has 0 aromatic heterocycles. The summed E-state index contributed by atoms with van der Waals surface area (Å²) < 4.78 is 0. The number of hydrogen-bond donors (Lipinski definition) is 0. The Bertz CT molecular complexity index is 1090. The number of rotatable bonds is 4. The van der Waals surface area contributed by atoms with Crippen molar-refractivity contribution in [2.75, 3.05) is 0 Å². The van der Waals surface area contributed by atoms with Crippen LogP contribution in [0.5, 0.6) is 0 Å². The molecule has 0 radical (unpaired) electrons. The number of carbonyl (C=O) groups excluding carboxylic acids is 1. The van der Waals surface area contributed by atoms with Crippen LogP contribution in [0.15, 0.2) is 84.0 Å². The number of amides is 1. The molecule has 1 heterocycles. The molecule has 0 bridgehead atoms. The average molecular weight is 385 g/mol. The van der Waals surface area contributed by atoms with Gasteiger partial charge in [0.25, 0.3) is 11.6 Å². The van der Waals surface area contributed by atoms with Crippen molar-refractivity contribution in [3.8, 4) is 0 Å². The first kappa shape index (κ1) is 18.6. The van der Waals surface area contributed by atoms with Crippen LogP contribution in [0.2, 0.25) is 0 Å². The first-order chi connectivity index (χ1) is 14.0. The molecule has 1 aliphatic rings. The van der Waals surface area contributed by atoms with E-state index in [0.717, 1.165) is 16.8 Å². The van der Waals surface area contributed by atoms with E-state index in [9.17, 15) is 14.9 Å². The molecule has 0 N–H and O–H groups in total. The number of nitro benzene ring substituents is 1. The molecule has 0 saturated heterocycles. The van der Waals surface area contributed by atoms with Gasteiger partial charge < -0.3 is 0 Å². The van der Waals surface area contributed by atoms with Gasteiger partial charge in [0.2, 0.25) is 0 Å². The summed E-state index contributed by atoms with van der Waals surface area (Å²) in [4.78, 5) is 24.0. The van der Waals surface area contributed by atoms with Crippen LogP contribution in [0.4, 0.5) is 5.69 Å². The highest BCUT2D eigenvalue weighted by Gasteiger charge is 2.34. The monoisotopic (exact) mass is 385 g/mol. The van der Waals surface area contributed by atoms with Crippen molar-refractivity contribution in [2.24, 2.45) is 5.10 Å². The van der Waals surface area contributed by atoms with E-state index >= 15 is 0 Å². The van der Waals surface area contributed by atoms with Crippen LogP contribution in [0, 0.1) is 17.0 Å². The predicted octanol–water partition coefficient (Wildman–Crippen LogP) is 4.89. The molecule has 3 aromatic rings.